The monoisotopic (exact) mass is 270 g/mol. The number of nitrogens with zero attached hydrogens (tertiary/aromatic N) is 4. The van der Waals surface area contributed by atoms with Gasteiger partial charge in [0.15, 0.2) is 0 Å². The van der Waals surface area contributed by atoms with Crippen molar-refractivity contribution < 1.29 is 19.1 Å². The topological polar surface area (TPSA) is 128 Å². The van der Waals surface area contributed by atoms with E-state index >= 15 is 0 Å². The van der Waals surface area contributed by atoms with Gasteiger partial charge in [0, 0.05) is 7.05 Å². The average Bonchev–Trinajstić information content (AvgIpc) is 2.86. The van der Waals surface area contributed by atoms with Crippen LogP contribution in [0.15, 0.2) is 0 Å². The fraction of sp³-hybridized carbons (Fsp3) is 0.556. The Balaban J connectivity index is 2.85. The van der Waals surface area contributed by atoms with E-state index in [4.69, 9.17) is 4.74 Å². The number of aromatic nitrogens is 4. The summed E-state index contributed by atoms with van der Waals surface area (Å²) >= 11 is 0. The van der Waals surface area contributed by atoms with E-state index in [1.807, 2.05) is 0 Å². The molecule has 1 aromatic rings. The van der Waals surface area contributed by atoms with Crippen molar-refractivity contribution in [2.24, 2.45) is 0 Å². The van der Waals surface area contributed by atoms with Crippen LogP contribution < -0.4 is 10.6 Å². The van der Waals surface area contributed by atoms with Crippen LogP contribution in [-0.2, 0) is 9.53 Å². The van der Waals surface area contributed by atoms with E-state index in [1.54, 1.807) is 6.92 Å². The fourth-order valence-corrected chi connectivity index (χ4v) is 1.17. The number of ether oxygens (including phenoxy) is 1. The van der Waals surface area contributed by atoms with E-state index in [9.17, 15) is 14.4 Å². The van der Waals surface area contributed by atoms with Gasteiger partial charge in [-0.1, -0.05) is 0 Å². The molecular weight excluding hydrogens is 256 g/mol. The fourth-order valence-electron chi connectivity index (χ4n) is 1.17. The lowest BCUT2D eigenvalue weighted by atomic mass is 10.3. The average molecular weight is 270 g/mol. The second-order valence-electron chi connectivity index (χ2n) is 3.41. The summed E-state index contributed by atoms with van der Waals surface area (Å²) in [4.78, 5) is 34.3. The highest BCUT2D eigenvalue weighted by atomic mass is 16.5. The van der Waals surface area contributed by atoms with Gasteiger partial charge >= 0.3 is 12.0 Å². The van der Waals surface area contributed by atoms with Crippen LogP contribution in [0.4, 0.5) is 4.79 Å². The molecular formula is C9H14N6O4. The van der Waals surface area contributed by atoms with Crippen LogP contribution in [0.5, 0.6) is 0 Å². The van der Waals surface area contributed by atoms with Crippen LogP contribution in [0.1, 0.15) is 30.5 Å². The van der Waals surface area contributed by atoms with Gasteiger partial charge in [-0.15, -0.1) is 5.10 Å². The molecule has 0 saturated carbocycles. The lowest BCUT2D eigenvalue weighted by Gasteiger charge is -2.12. The number of hydrogen-bond acceptors (Lipinski definition) is 7. The second-order valence-corrected chi connectivity index (χ2v) is 3.41. The van der Waals surface area contributed by atoms with Crippen molar-refractivity contribution in [1.29, 1.82) is 0 Å². The molecule has 0 fully saturated rings. The third-order valence-corrected chi connectivity index (χ3v) is 2.16. The summed E-state index contributed by atoms with van der Waals surface area (Å²) in [5.41, 5.74) is 0. The first kappa shape index (κ1) is 14.5. The minimum Gasteiger partial charge on any atom is -0.460 e. The Morgan fingerprint density at radius 2 is 2.11 bits per heavy atom. The van der Waals surface area contributed by atoms with Gasteiger partial charge in [-0.05, 0) is 24.3 Å². The first-order valence-electron chi connectivity index (χ1n) is 5.48. The minimum absolute atomic E-state index is 0.157. The molecule has 0 aliphatic heterocycles. The molecule has 10 heteroatoms. The molecule has 1 unspecified atom stereocenters. The molecule has 1 atom stereocenters. The molecule has 0 aliphatic carbocycles. The van der Waals surface area contributed by atoms with Crippen molar-refractivity contribution in [2.45, 2.75) is 19.9 Å². The first-order valence-corrected chi connectivity index (χ1v) is 5.48. The van der Waals surface area contributed by atoms with E-state index in [2.05, 4.69) is 26.2 Å². The molecule has 104 valence electrons. The maximum absolute atomic E-state index is 11.7. The molecule has 1 aromatic heterocycles. The van der Waals surface area contributed by atoms with Crippen LogP contribution in [0.2, 0.25) is 0 Å². The molecule has 0 aromatic carbocycles. The number of rotatable bonds is 4. The standard InChI is InChI=1S/C9H14N6O4/c1-4-19-8(17)6-12-13-14-15(6)5(2)7(16)11-9(18)10-3/h5H,4H2,1-3H3,(H2,10,11,16,18). The molecule has 0 aliphatic rings. The highest BCUT2D eigenvalue weighted by Gasteiger charge is 2.25. The van der Waals surface area contributed by atoms with Gasteiger partial charge in [-0.3, -0.25) is 10.1 Å². The number of urea groups is 1. The van der Waals surface area contributed by atoms with Crippen molar-refractivity contribution in [3.63, 3.8) is 0 Å². The van der Waals surface area contributed by atoms with Gasteiger partial charge in [-0.25, -0.2) is 14.3 Å². The molecule has 0 spiro atoms. The molecule has 10 nitrogen and oxygen atoms in total. The Morgan fingerprint density at radius 1 is 1.42 bits per heavy atom. The SMILES string of the molecule is CCOC(=O)c1nnnn1C(C)C(=O)NC(=O)NC. The van der Waals surface area contributed by atoms with Crippen LogP contribution >= 0.6 is 0 Å². The van der Waals surface area contributed by atoms with Gasteiger partial charge in [0.05, 0.1) is 6.61 Å². The summed E-state index contributed by atoms with van der Waals surface area (Å²) in [6.07, 6.45) is 0. The molecule has 0 saturated heterocycles. The van der Waals surface area contributed by atoms with Crippen LogP contribution in [-0.4, -0.2) is 51.8 Å². The predicted octanol–water partition coefficient (Wildman–Crippen LogP) is -1.13. The zero-order chi connectivity index (χ0) is 14.4. The normalized spacial score (nSPS) is 11.5. The maximum Gasteiger partial charge on any atom is 0.378 e. The summed E-state index contributed by atoms with van der Waals surface area (Å²) < 4.78 is 5.73. The lowest BCUT2D eigenvalue weighted by Crippen LogP contribution is -2.41. The maximum atomic E-state index is 11.7. The van der Waals surface area contributed by atoms with Gasteiger partial charge in [0.2, 0.25) is 0 Å². The molecule has 1 rings (SSSR count). The Morgan fingerprint density at radius 3 is 2.68 bits per heavy atom. The first-order chi connectivity index (χ1) is 9.01. The van der Waals surface area contributed by atoms with Crippen molar-refractivity contribution in [1.82, 2.24) is 30.8 Å². The van der Waals surface area contributed by atoms with Gasteiger partial charge < -0.3 is 10.1 Å². The predicted molar refractivity (Wildman–Crippen MR) is 61.1 cm³/mol. The van der Waals surface area contributed by atoms with Crippen molar-refractivity contribution in [2.75, 3.05) is 13.7 Å². The van der Waals surface area contributed by atoms with E-state index < -0.39 is 23.9 Å². The summed E-state index contributed by atoms with van der Waals surface area (Å²) in [7, 11) is 1.37. The Hall–Kier alpha value is -2.52. The van der Waals surface area contributed by atoms with E-state index in [0.717, 1.165) is 4.68 Å². The van der Waals surface area contributed by atoms with Crippen LogP contribution in [0.3, 0.4) is 0 Å². The number of carbonyl (C=O) groups excluding carboxylic acids is 3. The van der Waals surface area contributed by atoms with Crippen LogP contribution in [0, 0.1) is 0 Å². The third kappa shape index (κ3) is 3.47. The highest BCUT2D eigenvalue weighted by Crippen LogP contribution is 2.07. The number of imide groups is 1. The number of nitrogens with one attached hydrogen (secondary N) is 2. The summed E-state index contributed by atoms with van der Waals surface area (Å²) in [6, 6.07) is -1.60. The summed E-state index contributed by atoms with van der Waals surface area (Å²) in [5, 5.41) is 14.6. The van der Waals surface area contributed by atoms with Crippen molar-refractivity contribution >= 4 is 17.9 Å². The number of carbonyl (C=O) groups is 3. The number of hydrogen-bond donors (Lipinski definition) is 2. The third-order valence-electron chi connectivity index (χ3n) is 2.16. The zero-order valence-electron chi connectivity index (χ0n) is 10.7. The molecule has 19 heavy (non-hydrogen) atoms. The Bertz CT molecular complexity index is 485. The zero-order valence-corrected chi connectivity index (χ0v) is 10.7. The molecule has 1 heterocycles. The largest absolute Gasteiger partial charge is 0.460 e. The molecule has 0 radical (unpaired) electrons. The Kier molecular flexibility index (Phi) is 4.92. The molecule has 3 amide bonds. The van der Waals surface area contributed by atoms with Crippen molar-refractivity contribution in [3.05, 3.63) is 5.82 Å². The summed E-state index contributed by atoms with van der Waals surface area (Å²) in [6.45, 7) is 3.23. The summed E-state index contributed by atoms with van der Waals surface area (Å²) in [5.74, 6) is -1.61. The molecule has 2 N–H and O–H groups in total. The van der Waals surface area contributed by atoms with E-state index in [1.165, 1.54) is 14.0 Å². The highest BCUT2D eigenvalue weighted by molar-refractivity contribution is 5.96. The lowest BCUT2D eigenvalue weighted by molar-refractivity contribution is -0.123. The van der Waals surface area contributed by atoms with Gasteiger partial charge in [0.25, 0.3) is 11.7 Å². The number of tetrazole rings is 1. The van der Waals surface area contributed by atoms with E-state index in [0.29, 0.717) is 0 Å². The Labute approximate surface area is 108 Å². The second kappa shape index (κ2) is 6.42. The number of amides is 3. The minimum atomic E-state index is -0.938. The smallest absolute Gasteiger partial charge is 0.378 e. The van der Waals surface area contributed by atoms with E-state index in [-0.39, 0.29) is 12.4 Å². The number of esters is 1. The van der Waals surface area contributed by atoms with Gasteiger partial charge in [-0.2, -0.15) is 0 Å². The van der Waals surface area contributed by atoms with Gasteiger partial charge in [0.1, 0.15) is 6.04 Å². The van der Waals surface area contributed by atoms with Crippen LogP contribution in [0.25, 0.3) is 0 Å². The quantitative estimate of drug-likeness (QED) is 0.662. The molecule has 0 bridgehead atoms. The van der Waals surface area contributed by atoms with Crippen molar-refractivity contribution in [3.8, 4) is 0 Å².